The van der Waals surface area contributed by atoms with E-state index in [1.165, 1.54) is 6.08 Å². The zero-order valence-electron chi connectivity index (χ0n) is 15.3. The lowest BCUT2D eigenvalue weighted by Gasteiger charge is -2.04. The highest BCUT2D eigenvalue weighted by molar-refractivity contribution is 5.91. The zero-order chi connectivity index (χ0) is 19.6. The van der Waals surface area contributed by atoms with Crippen LogP contribution in [-0.4, -0.2) is 18.5 Å². The van der Waals surface area contributed by atoms with Gasteiger partial charge < -0.3 is 9.47 Å². The fourth-order valence-corrected chi connectivity index (χ4v) is 2.51. The molecular weight excluding hydrogens is 352 g/mol. The van der Waals surface area contributed by atoms with E-state index < -0.39 is 11.9 Å². The first kappa shape index (κ1) is 19.1. The van der Waals surface area contributed by atoms with Crippen molar-refractivity contribution in [1.82, 2.24) is 0 Å². The topological polar surface area (TPSA) is 52.6 Å². The van der Waals surface area contributed by atoms with Gasteiger partial charge in [-0.15, -0.1) is 0 Å². The van der Waals surface area contributed by atoms with Crippen LogP contribution in [0.5, 0.6) is 5.75 Å². The number of carbonyl (C=O) groups excluding carboxylic acids is 2. The van der Waals surface area contributed by atoms with Gasteiger partial charge in [-0.05, 0) is 41.5 Å². The molecule has 0 heterocycles. The summed E-state index contributed by atoms with van der Waals surface area (Å²) in [6.45, 7) is 0.335. The minimum atomic E-state index is -0.411. The Morgan fingerprint density at radius 3 is 2.11 bits per heavy atom. The quantitative estimate of drug-likeness (QED) is 0.343. The van der Waals surface area contributed by atoms with Gasteiger partial charge in [-0.3, -0.25) is 0 Å². The Labute approximate surface area is 164 Å². The molecule has 0 atom stereocenters. The first-order valence-corrected chi connectivity index (χ1v) is 8.97. The third kappa shape index (κ3) is 5.95. The summed E-state index contributed by atoms with van der Waals surface area (Å²) in [5.41, 5.74) is 2.42. The molecule has 0 amide bonds. The average molecular weight is 372 g/mol. The lowest BCUT2D eigenvalue weighted by atomic mass is 10.2. The van der Waals surface area contributed by atoms with Crippen molar-refractivity contribution in [2.24, 2.45) is 0 Å². The van der Waals surface area contributed by atoms with Crippen LogP contribution >= 0.6 is 0 Å². The van der Waals surface area contributed by atoms with Crippen molar-refractivity contribution in [1.29, 1.82) is 0 Å². The van der Waals surface area contributed by atoms with E-state index >= 15 is 0 Å². The smallest absolute Gasteiger partial charge is 0.343 e. The van der Waals surface area contributed by atoms with Crippen molar-refractivity contribution in [2.45, 2.75) is 6.42 Å². The van der Waals surface area contributed by atoms with Gasteiger partial charge in [0.05, 0.1) is 12.2 Å². The molecule has 0 aliphatic carbocycles. The predicted octanol–water partition coefficient (Wildman–Crippen LogP) is 4.70. The molecule has 0 unspecified atom stereocenters. The zero-order valence-corrected chi connectivity index (χ0v) is 15.3. The van der Waals surface area contributed by atoms with Crippen molar-refractivity contribution >= 4 is 18.0 Å². The predicted molar refractivity (Wildman–Crippen MR) is 108 cm³/mol. The van der Waals surface area contributed by atoms with Crippen molar-refractivity contribution in [3.8, 4) is 5.75 Å². The van der Waals surface area contributed by atoms with E-state index in [0.29, 0.717) is 24.3 Å². The summed E-state index contributed by atoms with van der Waals surface area (Å²) in [7, 11) is 0. The van der Waals surface area contributed by atoms with Crippen molar-refractivity contribution in [3.63, 3.8) is 0 Å². The fourth-order valence-electron chi connectivity index (χ4n) is 2.51. The monoisotopic (exact) mass is 372 g/mol. The first-order chi connectivity index (χ1) is 13.7. The number of rotatable bonds is 7. The highest BCUT2D eigenvalue weighted by atomic mass is 16.5. The molecule has 0 aliphatic heterocycles. The molecule has 140 valence electrons. The Balaban J connectivity index is 1.46. The first-order valence-electron chi connectivity index (χ1n) is 8.97. The standard InChI is InChI=1S/C24H20O4/c25-23(27-18-17-19-7-3-1-4-8-19)16-13-20-11-14-22(15-12-20)28-24(26)21-9-5-2-6-10-21/h1-16H,17-18H2/b16-13+. The van der Waals surface area contributed by atoms with Gasteiger partial charge >= 0.3 is 11.9 Å². The summed E-state index contributed by atoms with van der Waals surface area (Å²) in [5, 5.41) is 0. The van der Waals surface area contributed by atoms with E-state index in [-0.39, 0.29) is 0 Å². The van der Waals surface area contributed by atoms with Gasteiger partial charge in [0.15, 0.2) is 0 Å². The van der Waals surface area contributed by atoms with Crippen LogP contribution < -0.4 is 4.74 Å². The second-order valence-electron chi connectivity index (χ2n) is 6.06. The summed E-state index contributed by atoms with van der Waals surface area (Å²) in [4.78, 5) is 23.8. The molecule has 0 N–H and O–H groups in total. The summed E-state index contributed by atoms with van der Waals surface area (Å²) in [6, 6.07) is 25.5. The van der Waals surface area contributed by atoms with E-state index in [0.717, 1.165) is 11.1 Å². The Bertz CT molecular complexity index is 929. The van der Waals surface area contributed by atoms with E-state index in [1.54, 1.807) is 54.6 Å². The Hall–Kier alpha value is -3.66. The molecule has 3 aromatic rings. The molecule has 0 saturated carbocycles. The number of benzene rings is 3. The summed E-state index contributed by atoms with van der Waals surface area (Å²) < 4.78 is 10.5. The van der Waals surface area contributed by atoms with Crippen LogP contribution in [0.2, 0.25) is 0 Å². The second kappa shape index (κ2) is 9.88. The molecule has 0 bridgehead atoms. The minimum Gasteiger partial charge on any atom is -0.462 e. The Kier molecular flexibility index (Phi) is 6.74. The maximum atomic E-state index is 12.0. The lowest BCUT2D eigenvalue weighted by Crippen LogP contribution is -2.07. The van der Waals surface area contributed by atoms with Crippen LogP contribution in [0.1, 0.15) is 21.5 Å². The summed E-state index contributed by atoms with van der Waals surface area (Å²) >= 11 is 0. The molecular formula is C24H20O4. The van der Waals surface area contributed by atoms with Gasteiger partial charge in [-0.1, -0.05) is 60.7 Å². The normalized spacial score (nSPS) is 10.6. The fraction of sp³-hybridized carbons (Fsp3) is 0.0833. The lowest BCUT2D eigenvalue weighted by molar-refractivity contribution is -0.137. The van der Waals surface area contributed by atoms with Gasteiger partial charge in [0.1, 0.15) is 5.75 Å². The van der Waals surface area contributed by atoms with E-state index in [2.05, 4.69) is 0 Å². The summed E-state index contributed by atoms with van der Waals surface area (Å²) in [5.74, 6) is -0.363. The van der Waals surface area contributed by atoms with Crippen LogP contribution in [0.4, 0.5) is 0 Å². The highest BCUT2D eigenvalue weighted by Crippen LogP contribution is 2.15. The largest absolute Gasteiger partial charge is 0.462 e. The molecule has 4 nitrogen and oxygen atoms in total. The number of ether oxygens (including phenoxy) is 2. The molecule has 0 saturated heterocycles. The second-order valence-corrected chi connectivity index (χ2v) is 6.06. The minimum absolute atomic E-state index is 0.335. The molecule has 4 heteroatoms. The molecule has 0 aromatic heterocycles. The summed E-state index contributed by atoms with van der Waals surface area (Å²) in [6.07, 6.45) is 3.73. The van der Waals surface area contributed by atoms with E-state index in [1.807, 2.05) is 36.4 Å². The molecule has 28 heavy (non-hydrogen) atoms. The van der Waals surface area contributed by atoms with E-state index in [4.69, 9.17) is 9.47 Å². The average Bonchev–Trinajstić information content (AvgIpc) is 2.74. The van der Waals surface area contributed by atoms with Crippen molar-refractivity contribution in [3.05, 3.63) is 108 Å². The SMILES string of the molecule is O=C(/C=C/c1ccc(OC(=O)c2ccccc2)cc1)OCCc1ccccc1. The van der Waals surface area contributed by atoms with Gasteiger partial charge in [-0.25, -0.2) is 9.59 Å². The van der Waals surface area contributed by atoms with Gasteiger partial charge in [0.25, 0.3) is 0 Å². The Morgan fingerprint density at radius 1 is 0.786 bits per heavy atom. The molecule has 0 spiro atoms. The molecule has 3 aromatic carbocycles. The van der Waals surface area contributed by atoms with Crippen LogP contribution in [0.15, 0.2) is 91.0 Å². The highest BCUT2D eigenvalue weighted by Gasteiger charge is 2.07. The van der Waals surface area contributed by atoms with Gasteiger partial charge in [0, 0.05) is 12.5 Å². The third-order valence-electron chi connectivity index (χ3n) is 3.99. The van der Waals surface area contributed by atoms with Crippen molar-refractivity contribution in [2.75, 3.05) is 6.61 Å². The Morgan fingerprint density at radius 2 is 1.43 bits per heavy atom. The van der Waals surface area contributed by atoms with Crippen LogP contribution in [-0.2, 0) is 16.0 Å². The van der Waals surface area contributed by atoms with Crippen LogP contribution in [0.3, 0.4) is 0 Å². The number of esters is 2. The maximum absolute atomic E-state index is 12.0. The van der Waals surface area contributed by atoms with Crippen molar-refractivity contribution < 1.29 is 19.1 Å². The van der Waals surface area contributed by atoms with Crippen LogP contribution in [0.25, 0.3) is 6.08 Å². The molecule has 0 fully saturated rings. The number of hydrogen-bond donors (Lipinski definition) is 0. The number of carbonyl (C=O) groups is 2. The van der Waals surface area contributed by atoms with Gasteiger partial charge in [-0.2, -0.15) is 0 Å². The molecule has 0 aliphatic rings. The van der Waals surface area contributed by atoms with Crippen LogP contribution in [0, 0.1) is 0 Å². The van der Waals surface area contributed by atoms with E-state index in [9.17, 15) is 9.59 Å². The molecule has 0 radical (unpaired) electrons. The maximum Gasteiger partial charge on any atom is 0.343 e. The third-order valence-corrected chi connectivity index (χ3v) is 3.99. The molecule has 3 rings (SSSR count). The number of hydrogen-bond acceptors (Lipinski definition) is 4. The van der Waals surface area contributed by atoms with Gasteiger partial charge in [0.2, 0.25) is 0 Å².